The number of aromatic nitrogens is 2. The van der Waals surface area contributed by atoms with Crippen molar-refractivity contribution in [2.45, 2.75) is 12.6 Å². The number of morpholine rings is 1. The van der Waals surface area contributed by atoms with Crippen molar-refractivity contribution < 1.29 is 26.3 Å². The Morgan fingerprint density at radius 1 is 0.963 bits per heavy atom. The number of anilines is 2. The minimum absolute atomic E-state index is 0.136. The molecule has 3 heterocycles. The molecule has 1 aromatic heterocycles. The van der Waals surface area contributed by atoms with E-state index >= 15 is 0 Å². The number of piperazine rings is 1. The van der Waals surface area contributed by atoms with Crippen LogP contribution in [0.3, 0.4) is 0 Å². The Kier molecular flexibility index (Phi) is 6.06. The maximum absolute atomic E-state index is 12.3. The normalized spacial score (nSPS) is 20.1. The molecule has 2 aliphatic heterocycles. The summed E-state index contributed by atoms with van der Waals surface area (Å²) in [5, 5.41) is 0. The minimum atomic E-state index is -4.48. The van der Waals surface area contributed by atoms with Crippen molar-refractivity contribution in [3.8, 4) is 0 Å². The third-order valence-electron chi connectivity index (χ3n) is 4.57. The lowest BCUT2D eigenvalue weighted by atomic mass is 10.3. The summed E-state index contributed by atoms with van der Waals surface area (Å²) in [6, 6.07) is 1.85. The summed E-state index contributed by atoms with van der Waals surface area (Å²) in [5.74, 6) is 0.549. The average molecular weight is 409 g/mol. The number of hydrogen-bond acceptors (Lipinski definition) is 7. The van der Waals surface area contributed by atoms with Gasteiger partial charge in [-0.25, -0.2) is 18.4 Å². The van der Waals surface area contributed by atoms with E-state index in [1.54, 1.807) is 0 Å². The van der Waals surface area contributed by atoms with Crippen LogP contribution >= 0.6 is 0 Å². The number of alkyl halides is 3. The largest absolute Gasteiger partial charge is 0.390 e. The number of hydrogen-bond donors (Lipinski definition) is 0. The van der Waals surface area contributed by atoms with E-state index < -0.39 is 28.4 Å². The Morgan fingerprint density at radius 3 is 2.07 bits per heavy atom. The first-order valence-corrected chi connectivity index (χ1v) is 10.3. The smallest absolute Gasteiger partial charge is 0.378 e. The molecule has 27 heavy (non-hydrogen) atoms. The number of rotatable bonds is 5. The molecule has 0 amide bonds. The van der Waals surface area contributed by atoms with Crippen LogP contribution in [0.15, 0.2) is 12.4 Å². The lowest BCUT2D eigenvalue weighted by Crippen LogP contribution is -2.49. The van der Waals surface area contributed by atoms with Crippen molar-refractivity contribution in [2.75, 3.05) is 68.0 Å². The molecule has 0 aliphatic carbocycles. The molecule has 3 rings (SSSR count). The molecule has 0 atom stereocenters. The summed E-state index contributed by atoms with van der Waals surface area (Å²) < 4.78 is 67.6. The van der Waals surface area contributed by atoms with Gasteiger partial charge in [0.05, 0.1) is 25.4 Å². The van der Waals surface area contributed by atoms with E-state index in [0.29, 0.717) is 32.1 Å². The highest BCUT2D eigenvalue weighted by Gasteiger charge is 2.34. The summed E-state index contributed by atoms with van der Waals surface area (Å²) >= 11 is 0. The topological polar surface area (TPSA) is 78.9 Å². The lowest BCUT2D eigenvalue weighted by molar-refractivity contribution is -0.130. The van der Waals surface area contributed by atoms with Crippen LogP contribution in [0.4, 0.5) is 24.8 Å². The molecule has 0 saturated carbocycles. The second kappa shape index (κ2) is 8.15. The lowest BCUT2D eigenvalue weighted by Gasteiger charge is -2.35. The van der Waals surface area contributed by atoms with Crippen molar-refractivity contribution in [3.05, 3.63) is 12.4 Å². The van der Waals surface area contributed by atoms with Crippen molar-refractivity contribution in [1.29, 1.82) is 0 Å². The highest BCUT2D eigenvalue weighted by Crippen LogP contribution is 2.23. The second-order valence-corrected chi connectivity index (χ2v) is 8.49. The zero-order valence-corrected chi connectivity index (χ0v) is 15.5. The highest BCUT2D eigenvalue weighted by atomic mass is 32.2. The Labute approximate surface area is 156 Å². The maximum Gasteiger partial charge on any atom is 0.390 e. The summed E-state index contributed by atoms with van der Waals surface area (Å²) in [4.78, 5) is 12.5. The first kappa shape index (κ1) is 20.1. The Hall–Kier alpha value is -1.66. The van der Waals surface area contributed by atoms with Gasteiger partial charge in [-0.15, -0.1) is 0 Å². The van der Waals surface area contributed by atoms with Crippen LogP contribution in [0.1, 0.15) is 6.42 Å². The number of sulfonamides is 1. The van der Waals surface area contributed by atoms with Crippen molar-refractivity contribution in [3.63, 3.8) is 0 Å². The van der Waals surface area contributed by atoms with Crippen LogP contribution in [0, 0.1) is 0 Å². The van der Waals surface area contributed by atoms with Gasteiger partial charge < -0.3 is 14.5 Å². The molecule has 2 saturated heterocycles. The Bertz CT molecular complexity index is 732. The van der Waals surface area contributed by atoms with Crippen LogP contribution in [-0.2, 0) is 14.8 Å². The third-order valence-corrected chi connectivity index (χ3v) is 6.44. The first-order valence-electron chi connectivity index (χ1n) is 8.69. The van der Waals surface area contributed by atoms with Crippen molar-refractivity contribution in [2.24, 2.45) is 0 Å². The molecule has 12 heteroatoms. The van der Waals surface area contributed by atoms with Gasteiger partial charge in [0.1, 0.15) is 18.0 Å². The van der Waals surface area contributed by atoms with Gasteiger partial charge in [-0.3, -0.25) is 0 Å². The molecular formula is C15H22F3N5O3S. The number of nitrogens with zero attached hydrogens (tertiary/aromatic N) is 5. The van der Waals surface area contributed by atoms with E-state index in [1.807, 2.05) is 11.0 Å². The van der Waals surface area contributed by atoms with Gasteiger partial charge in [0, 0.05) is 45.3 Å². The predicted molar refractivity (Wildman–Crippen MR) is 93.3 cm³/mol. The zero-order chi connectivity index (χ0) is 19.5. The van der Waals surface area contributed by atoms with Gasteiger partial charge in [-0.1, -0.05) is 0 Å². The average Bonchev–Trinajstić information content (AvgIpc) is 2.67. The van der Waals surface area contributed by atoms with E-state index in [1.165, 1.54) is 6.33 Å². The zero-order valence-electron chi connectivity index (χ0n) is 14.7. The molecule has 0 spiro atoms. The molecule has 2 aliphatic rings. The van der Waals surface area contributed by atoms with E-state index in [0.717, 1.165) is 23.2 Å². The van der Waals surface area contributed by atoms with Gasteiger partial charge in [-0.2, -0.15) is 17.5 Å². The van der Waals surface area contributed by atoms with Crippen LogP contribution in [0.2, 0.25) is 0 Å². The van der Waals surface area contributed by atoms with E-state index in [-0.39, 0.29) is 13.1 Å². The standard InChI is InChI=1S/C15H22F3N5O3S/c16-15(17,18)1-10-27(24,25)23-4-2-21(3-5-23)13-11-14(20-12-19-13)22-6-8-26-9-7-22/h11-12H,1-10H2. The van der Waals surface area contributed by atoms with Gasteiger partial charge in [-0.05, 0) is 0 Å². The number of halogens is 3. The van der Waals surface area contributed by atoms with Crippen molar-refractivity contribution >= 4 is 21.7 Å². The molecule has 0 radical (unpaired) electrons. The van der Waals surface area contributed by atoms with Crippen LogP contribution in [-0.4, -0.2) is 87.1 Å². The highest BCUT2D eigenvalue weighted by molar-refractivity contribution is 7.89. The molecule has 0 aromatic carbocycles. The fraction of sp³-hybridized carbons (Fsp3) is 0.733. The third kappa shape index (κ3) is 5.42. The summed E-state index contributed by atoms with van der Waals surface area (Å²) in [7, 11) is -3.92. The van der Waals surface area contributed by atoms with E-state index in [4.69, 9.17) is 4.74 Å². The molecule has 152 valence electrons. The Morgan fingerprint density at radius 2 is 1.52 bits per heavy atom. The number of ether oxygens (including phenoxy) is 1. The molecule has 0 unspecified atom stereocenters. The molecule has 1 aromatic rings. The van der Waals surface area contributed by atoms with Gasteiger partial charge >= 0.3 is 6.18 Å². The second-order valence-electron chi connectivity index (χ2n) is 6.40. The van der Waals surface area contributed by atoms with Gasteiger partial charge in [0.25, 0.3) is 0 Å². The first-order chi connectivity index (χ1) is 12.7. The quantitative estimate of drug-likeness (QED) is 0.709. The monoisotopic (exact) mass is 409 g/mol. The van der Waals surface area contributed by atoms with Crippen LogP contribution in [0.5, 0.6) is 0 Å². The molecule has 8 nitrogen and oxygen atoms in total. The van der Waals surface area contributed by atoms with Crippen LogP contribution in [0.25, 0.3) is 0 Å². The Balaban J connectivity index is 1.59. The van der Waals surface area contributed by atoms with Crippen molar-refractivity contribution in [1.82, 2.24) is 14.3 Å². The van der Waals surface area contributed by atoms with Crippen LogP contribution < -0.4 is 9.80 Å². The van der Waals surface area contributed by atoms with Gasteiger partial charge in [0.2, 0.25) is 10.0 Å². The fourth-order valence-corrected chi connectivity index (χ4v) is 4.51. The predicted octanol–water partition coefficient (Wildman–Crippen LogP) is 0.717. The molecule has 0 N–H and O–H groups in total. The fourth-order valence-electron chi connectivity index (χ4n) is 3.04. The van der Waals surface area contributed by atoms with Gasteiger partial charge in [0.15, 0.2) is 0 Å². The minimum Gasteiger partial charge on any atom is -0.378 e. The maximum atomic E-state index is 12.3. The molecule has 2 fully saturated rings. The SMILES string of the molecule is O=S(=O)(CCC(F)(F)F)N1CCN(c2cc(N3CCOCC3)ncn2)CC1. The summed E-state index contributed by atoms with van der Waals surface area (Å²) in [6.07, 6.45) is -4.34. The summed E-state index contributed by atoms with van der Waals surface area (Å²) in [5.41, 5.74) is 0. The summed E-state index contributed by atoms with van der Waals surface area (Å²) in [6.45, 7) is 3.74. The van der Waals surface area contributed by atoms with E-state index in [2.05, 4.69) is 14.9 Å². The van der Waals surface area contributed by atoms with E-state index in [9.17, 15) is 21.6 Å². The molecular weight excluding hydrogens is 387 g/mol. The molecule has 0 bridgehead atoms.